The molecule has 0 aromatic carbocycles. The van der Waals surface area contributed by atoms with Gasteiger partial charge in [0.1, 0.15) is 0 Å². The minimum absolute atomic E-state index is 0.657. The van der Waals surface area contributed by atoms with Gasteiger partial charge in [-0.05, 0) is 32.2 Å². The molecule has 1 fully saturated rings. The van der Waals surface area contributed by atoms with Crippen LogP contribution in [0.2, 0.25) is 0 Å². The van der Waals surface area contributed by atoms with Crippen LogP contribution in [0, 0.1) is 5.92 Å². The van der Waals surface area contributed by atoms with E-state index < -0.39 is 0 Å². The Balaban J connectivity index is 1.93. The second-order valence-corrected chi connectivity index (χ2v) is 4.95. The van der Waals surface area contributed by atoms with E-state index in [1.165, 1.54) is 32.1 Å². The van der Waals surface area contributed by atoms with Gasteiger partial charge in [0, 0.05) is 19.8 Å². The van der Waals surface area contributed by atoms with Gasteiger partial charge in [-0.1, -0.05) is 12.8 Å². The van der Waals surface area contributed by atoms with Gasteiger partial charge >= 0.3 is 0 Å². The minimum atomic E-state index is 0.657. The van der Waals surface area contributed by atoms with Gasteiger partial charge < -0.3 is 19.5 Å². The maximum Gasteiger partial charge on any atom is 0.0701 e. The monoisotopic (exact) mass is 259 g/mol. The fraction of sp³-hybridized carbons (Fsp3) is 1.00. The molecule has 0 aliphatic heterocycles. The zero-order valence-electron chi connectivity index (χ0n) is 12.0. The maximum absolute atomic E-state index is 5.62. The lowest BCUT2D eigenvalue weighted by molar-refractivity contribution is 0.0198. The fourth-order valence-electron chi connectivity index (χ4n) is 2.63. The van der Waals surface area contributed by atoms with Gasteiger partial charge in [0.2, 0.25) is 0 Å². The van der Waals surface area contributed by atoms with Crippen LogP contribution in [0.3, 0.4) is 0 Å². The van der Waals surface area contributed by atoms with Gasteiger partial charge in [0.15, 0.2) is 0 Å². The zero-order chi connectivity index (χ0) is 13.1. The molecule has 0 radical (unpaired) electrons. The Morgan fingerprint density at radius 3 is 2.33 bits per heavy atom. The molecule has 2 unspecified atom stereocenters. The van der Waals surface area contributed by atoms with E-state index in [-0.39, 0.29) is 0 Å². The lowest BCUT2D eigenvalue weighted by Gasteiger charge is -2.31. The van der Waals surface area contributed by atoms with E-state index >= 15 is 0 Å². The molecule has 1 saturated carbocycles. The Hall–Kier alpha value is -0.160. The van der Waals surface area contributed by atoms with Gasteiger partial charge in [-0.15, -0.1) is 0 Å². The van der Waals surface area contributed by atoms with Crippen molar-refractivity contribution in [3.63, 3.8) is 0 Å². The van der Waals surface area contributed by atoms with Crippen LogP contribution in [-0.2, 0) is 14.2 Å². The minimum Gasteiger partial charge on any atom is -0.382 e. The topological polar surface area (TPSA) is 39.7 Å². The number of hydrogen-bond acceptors (Lipinski definition) is 4. The Bertz CT molecular complexity index is 190. The summed E-state index contributed by atoms with van der Waals surface area (Å²) in [4.78, 5) is 0. The van der Waals surface area contributed by atoms with Crippen molar-refractivity contribution in [2.75, 3.05) is 47.2 Å². The van der Waals surface area contributed by atoms with Gasteiger partial charge in [-0.25, -0.2) is 0 Å². The second-order valence-electron chi connectivity index (χ2n) is 4.95. The van der Waals surface area contributed by atoms with Crippen molar-refractivity contribution in [1.82, 2.24) is 5.32 Å². The summed E-state index contributed by atoms with van der Waals surface area (Å²) in [6.07, 6.45) is 6.59. The van der Waals surface area contributed by atoms with E-state index in [0.29, 0.717) is 32.5 Å². The van der Waals surface area contributed by atoms with Crippen LogP contribution in [0.5, 0.6) is 0 Å². The lowest BCUT2D eigenvalue weighted by Crippen LogP contribution is -2.36. The number of methoxy groups -OCH3 is 1. The first-order valence-corrected chi connectivity index (χ1v) is 7.20. The molecule has 1 aliphatic rings. The third-order valence-corrected chi connectivity index (χ3v) is 3.72. The molecule has 1 N–H and O–H groups in total. The first-order chi connectivity index (χ1) is 8.88. The summed E-state index contributed by atoms with van der Waals surface area (Å²) in [6.45, 7) is 3.54. The van der Waals surface area contributed by atoms with Crippen molar-refractivity contribution < 1.29 is 14.2 Å². The van der Waals surface area contributed by atoms with Crippen LogP contribution in [-0.4, -0.2) is 53.2 Å². The average Bonchev–Trinajstić information content (AvgIpc) is 2.42. The highest BCUT2D eigenvalue weighted by Crippen LogP contribution is 2.26. The number of nitrogens with one attached hydrogen (secondary N) is 1. The Morgan fingerprint density at radius 1 is 0.944 bits per heavy atom. The number of rotatable bonds is 10. The van der Waals surface area contributed by atoms with Crippen molar-refractivity contribution in [3.05, 3.63) is 0 Å². The van der Waals surface area contributed by atoms with E-state index in [9.17, 15) is 0 Å². The third-order valence-electron chi connectivity index (χ3n) is 3.72. The zero-order valence-corrected chi connectivity index (χ0v) is 12.0. The van der Waals surface area contributed by atoms with Crippen LogP contribution >= 0.6 is 0 Å². The maximum atomic E-state index is 5.62. The molecule has 2 atom stereocenters. The Kier molecular flexibility index (Phi) is 9.48. The number of ether oxygens (including phenoxy) is 3. The molecule has 18 heavy (non-hydrogen) atoms. The predicted molar refractivity (Wildman–Crippen MR) is 72.9 cm³/mol. The average molecular weight is 259 g/mol. The van der Waals surface area contributed by atoms with Gasteiger partial charge in [0.05, 0.1) is 26.4 Å². The molecule has 4 heteroatoms. The number of hydrogen-bond donors (Lipinski definition) is 1. The second kappa shape index (κ2) is 10.7. The summed E-state index contributed by atoms with van der Waals surface area (Å²) in [7, 11) is 3.76. The predicted octanol–water partition coefficient (Wildman–Crippen LogP) is 1.83. The summed E-state index contributed by atoms with van der Waals surface area (Å²) in [5, 5.41) is 3.44. The van der Waals surface area contributed by atoms with Gasteiger partial charge in [0.25, 0.3) is 0 Å². The molecule has 0 aromatic heterocycles. The fourth-order valence-corrected chi connectivity index (χ4v) is 2.63. The van der Waals surface area contributed by atoms with Crippen LogP contribution in [0.25, 0.3) is 0 Å². The molecule has 4 nitrogen and oxygen atoms in total. The standard InChI is InChI=1S/C14H29NO3/c1-15-14-6-4-3-5-13(14)7-8-17-11-12-18-10-9-16-2/h13-15H,3-12H2,1-2H3. The Labute approximate surface area is 111 Å². The highest BCUT2D eigenvalue weighted by molar-refractivity contribution is 4.79. The Morgan fingerprint density at radius 2 is 1.61 bits per heavy atom. The molecule has 1 aliphatic carbocycles. The molecule has 1 rings (SSSR count). The molecule has 0 aromatic rings. The molecule has 0 spiro atoms. The smallest absolute Gasteiger partial charge is 0.0701 e. The molecule has 108 valence electrons. The quantitative estimate of drug-likeness (QED) is 0.608. The molecular weight excluding hydrogens is 230 g/mol. The van der Waals surface area contributed by atoms with E-state index in [2.05, 4.69) is 12.4 Å². The molecular formula is C14H29NO3. The molecule has 0 heterocycles. The normalized spacial score (nSPS) is 24.3. The van der Waals surface area contributed by atoms with Crippen molar-refractivity contribution in [3.8, 4) is 0 Å². The highest BCUT2D eigenvalue weighted by Gasteiger charge is 2.22. The first-order valence-electron chi connectivity index (χ1n) is 7.20. The van der Waals surface area contributed by atoms with E-state index in [0.717, 1.165) is 12.5 Å². The van der Waals surface area contributed by atoms with Crippen LogP contribution < -0.4 is 5.32 Å². The van der Waals surface area contributed by atoms with Crippen molar-refractivity contribution in [1.29, 1.82) is 0 Å². The van der Waals surface area contributed by atoms with Gasteiger partial charge in [-0.2, -0.15) is 0 Å². The largest absolute Gasteiger partial charge is 0.382 e. The molecule has 0 amide bonds. The molecule has 0 bridgehead atoms. The van der Waals surface area contributed by atoms with Crippen LogP contribution in [0.15, 0.2) is 0 Å². The summed E-state index contributed by atoms with van der Waals surface area (Å²) in [5.74, 6) is 0.790. The first kappa shape index (κ1) is 15.9. The summed E-state index contributed by atoms with van der Waals surface area (Å²) < 4.78 is 15.9. The summed E-state index contributed by atoms with van der Waals surface area (Å²) in [6, 6.07) is 0.695. The SMILES string of the molecule is CNC1CCCCC1CCOCCOCCOC. The van der Waals surface area contributed by atoms with E-state index in [4.69, 9.17) is 14.2 Å². The highest BCUT2D eigenvalue weighted by atomic mass is 16.5. The molecule has 0 saturated heterocycles. The third kappa shape index (κ3) is 6.69. The lowest BCUT2D eigenvalue weighted by atomic mass is 9.83. The van der Waals surface area contributed by atoms with Crippen molar-refractivity contribution >= 4 is 0 Å². The van der Waals surface area contributed by atoms with Crippen molar-refractivity contribution in [2.45, 2.75) is 38.1 Å². The summed E-state index contributed by atoms with van der Waals surface area (Å²) in [5.41, 5.74) is 0. The van der Waals surface area contributed by atoms with Crippen LogP contribution in [0.1, 0.15) is 32.1 Å². The van der Waals surface area contributed by atoms with E-state index in [1.54, 1.807) is 7.11 Å². The van der Waals surface area contributed by atoms with Crippen molar-refractivity contribution in [2.24, 2.45) is 5.92 Å². The summed E-state index contributed by atoms with van der Waals surface area (Å²) >= 11 is 0. The van der Waals surface area contributed by atoms with E-state index in [1.807, 2.05) is 0 Å². The van der Waals surface area contributed by atoms with Crippen LogP contribution in [0.4, 0.5) is 0 Å². The van der Waals surface area contributed by atoms with Gasteiger partial charge in [-0.3, -0.25) is 0 Å².